The Kier molecular flexibility index (Phi) is 7.03. The Morgan fingerprint density at radius 2 is 0.737 bits per heavy atom. The fraction of sp³-hybridized carbons (Fsp3) is 0. The van der Waals surface area contributed by atoms with Crippen LogP contribution in [0.2, 0.25) is 0 Å². The molecule has 6 heteroatoms. The Morgan fingerprint density at radius 3 is 1.23 bits per heavy atom. The lowest BCUT2D eigenvalue weighted by atomic mass is 10.0. The minimum absolute atomic E-state index is 0.630. The fourth-order valence-electron chi connectivity index (χ4n) is 8.72. The van der Waals surface area contributed by atoms with Gasteiger partial charge in [0, 0.05) is 48.1 Å². The third-order valence-electron chi connectivity index (χ3n) is 11.2. The van der Waals surface area contributed by atoms with E-state index >= 15 is 0 Å². The van der Waals surface area contributed by atoms with E-state index in [4.69, 9.17) is 15.0 Å². The molecule has 0 aliphatic carbocycles. The number of fused-ring (bicyclic) bond motifs is 9. The Morgan fingerprint density at radius 1 is 0.351 bits per heavy atom. The molecule has 0 radical (unpaired) electrons. The largest absolute Gasteiger partial charge is 0.308 e. The molecular formula is C51H31N5S. The van der Waals surface area contributed by atoms with E-state index in [9.17, 15) is 0 Å². The predicted octanol–water partition coefficient (Wildman–Crippen LogP) is 13.4. The molecule has 0 bridgehead atoms. The summed E-state index contributed by atoms with van der Waals surface area (Å²) in [5.74, 6) is 1.90. The Bertz CT molecular complexity index is 3360. The minimum Gasteiger partial charge on any atom is -0.308 e. The maximum absolute atomic E-state index is 5.41. The summed E-state index contributed by atoms with van der Waals surface area (Å²) in [4.78, 5) is 15.9. The molecule has 8 aromatic carbocycles. The van der Waals surface area contributed by atoms with Crippen molar-refractivity contribution in [3.05, 3.63) is 188 Å². The smallest absolute Gasteiger partial charge is 0.167 e. The number of benzene rings is 8. The van der Waals surface area contributed by atoms with Crippen LogP contribution in [0.1, 0.15) is 0 Å². The molecule has 0 spiro atoms. The van der Waals surface area contributed by atoms with Crippen LogP contribution in [0.3, 0.4) is 0 Å². The van der Waals surface area contributed by atoms with Crippen LogP contribution in [0.4, 0.5) is 0 Å². The molecule has 12 rings (SSSR count). The summed E-state index contributed by atoms with van der Waals surface area (Å²) in [5, 5.41) is 7.20. The zero-order chi connectivity index (χ0) is 37.5. The van der Waals surface area contributed by atoms with Gasteiger partial charge in [-0.05, 0) is 36.4 Å². The number of para-hydroxylation sites is 4. The lowest BCUT2D eigenvalue weighted by Gasteiger charge is -2.19. The van der Waals surface area contributed by atoms with Crippen LogP contribution in [0, 0.1) is 0 Å². The Labute approximate surface area is 331 Å². The van der Waals surface area contributed by atoms with Crippen molar-refractivity contribution >= 4 is 75.1 Å². The first kappa shape index (κ1) is 31.9. The van der Waals surface area contributed by atoms with Crippen molar-refractivity contribution in [2.75, 3.05) is 0 Å². The van der Waals surface area contributed by atoms with E-state index in [1.165, 1.54) is 37.0 Å². The standard InChI is InChI=1S/C51H31N5S/c1-3-17-32(18-4-1)49-52-50(33-19-5-2-6-20-33)54-51(53-49)47-44(56-41-28-14-9-23-36(41)37-24-10-15-29-42(37)56)31-43(46-38-25-11-16-30-45(38)57-48(46)47)55-39-26-12-7-21-34(39)35-22-8-13-27-40(35)55/h1-31H. The Balaban J connectivity index is 1.31. The van der Waals surface area contributed by atoms with Crippen molar-refractivity contribution in [2.24, 2.45) is 0 Å². The van der Waals surface area contributed by atoms with Gasteiger partial charge in [0.25, 0.3) is 0 Å². The number of nitrogens with zero attached hydrogens (tertiary/aromatic N) is 5. The first-order valence-electron chi connectivity index (χ1n) is 19.1. The highest BCUT2D eigenvalue weighted by Crippen LogP contribution is 2.49. The van der Waals surface area contributed by atoms with Crippen molar-refractivity contribution in [3.63, 3.8) is 0 Å². The highest BCUT2D eigenvalue weighted by atomic mass is 32.1. The second kappa shape index (κ2) is 12.6. The first-order valence-corrected chi connectivity index (χ1v) is 19.9. The number of hydrogen-bond acceptors (Lipinski definition) is 4. The number of hydrogen-bond donors (Lipinski definition) is 0. The normalized spacial score (nSPS) is 11.9. The zero-order valence-electron chi connectivity index (χ0n) is 30.5. The molecule has 5 nitrogen and oxygen atoms in total. The van der Waals surface area contributed by atoms with E-state index in [2.05, 4.69) is 161 Å². The molecule has 4 heterocycles. The summed E-state index contributed by atoms with van der Waals surface area (Å²) in [6.07, 6.45) is 0. The van der Waals surface area contributed by atoms with Crippen LogP contribution in [0.25, 0.3) is 109 Å². The van der Waals surface area contributed by atoms with E-state index in [1.807, 2.05) is 36.4 Å². The second-order valence-electron chi connectivity index (χ2n) is 14.4. The molecule has 266 valence electrons. The van der Waals surface area contributed by atoms with Crippen molar-refractivity contribution in [2.45, 2.75) is 0 Å². The molecule has 12 aromatic rings. The molecule has 0 aliphatic rings. The van der Waals surface area contributed by atoms with Crippen molar-refractivity contribution in [3.8, 4) is 45.5 Å². The van der Waals surface area contributed by atoms with E-state index in [0.717, 1.165) is 54.8 Å². The van der Waals surface area contributed by atoms with Gasteiger partial charge < -0.3 is 9.13 Å². The van der Waals surface area contributed by atoms with Crippen molar-refractivity contribution < 1.29 is 0 Å². The third-order valence-corrected chi connectivity index (χ3v) is 12.4. The fourth-order valence-corrected chi connectivity index (χ4v) is 9.98. The molecule has 0 amide bonds. The number of rotatable bonds is 5. The SMILES string of the molecule is c1ccc(-c2nc(-c3ccccc3)nc(-c3c(-n4c5ccccc5c5ccccc54)cc(-n4c5ccccc5c5ccccc54)c4c3sc3ccccc34)n2)cc1. The van der Waals surface area contributed by atoms with Gasteiger partial charge >= 0.3 is 0 Å². The molecule has 4 aromatic heterocycles. The van der Waals surface area contributed by atoms with Gasteiger partial charge in [0.05, 0.1) is 43.7 Å². The van der Waals surface area contributed by atoms with Crippen LogP contribution >= 0.6 is 11.3 Å². The highest BCUT2D eigenvalue weighted by molar-refractivity contribution is 7.26. The maximum atomic E-state index is 5.41. The molecule has 0 unspecified atom stereocenters. The average Bonchev–Trinajstić information content (AvgIpc) is 3.95. The first-order chi connectivity index (χ1) is 28.3. The van der Waals surface area contributed by atoms with Gasteiger partial charge in [-0.3, -0.25) is 0 Å². The average molecular weight is 746 g/mol. The van der Waals surface area contributed by atoms with Crippen molar-refractivity contribution in [1.82, 2.24) is 24.1 Å². The summed E-state index contributed by atoms with van der Waals surface area (Å²) in [5.41, 5.74) is 9.52. The quantitative estimate of drug-likeness (QED) is 0.176. The zero-order valence-corrected chi connectivity index (χ0v) is 31.4. The van der Waals surface area contributed by atoms with Gasteiger partial charge in [-0.2, -0.15) is 0 Å². The van der Waals surface area contributed by atoms with Gasteiger partial charge in [0.15, 0.2) is 17.5 Å². The van der Waals surface area contributed by atoms with Crippen molar-refractivity contribution in [1.29, 1.82) is 0 Å². The number of thiophene rings is 1. The van der Waals surface area contributed by atoms with E-state index < -0.39 is 0 Å². The van der Waals surface area contributed by atoms with Gasteiger partial charge in [0.1, 0.15) is 0 Å². The van der Waals surface area contributed by atoms with Gasteiger partial charge in [-0.15, -0.1) is 11.3 Å². The van der Waals surface area contributed by atoms with Crippen LogP contribution in [0.15, 0.2) is 188 Å². The summed E-state index contributed by atoms with van der Waals surface area (Å²) in [7, 11) is 0. The summed E-state index contributed by atoms with van der Waals surface area (Å²) >= 11 is 1.80. The monoisotopic (exact) mass is 745 g/mol. The molecule has 0 fully saturated rings. The van der Waals surface area contributed by atoms with Crippen LogP contribution in [-0.2, 0) is 0 Å². The molecule has 0 N–H and O–H groups in total. The topological polar surface area (TPSA) is 48.5 Å². The van der Waals surface area contributed by atoms with Crippen LogP contribution < -0.4 is 0 Å². The molecule has 0 aliphatic heterocycles. The van der Waals surface area contributed by atoms with Gasteiger partial charge in [-0.25, -0.2) is 15.0 Å². The predicted molar refractivity (Wildman–Crippen MR) is 238 cm³/mol. The minimum atomic E-state index is 0.630. The summed E-state index contributed by atoms with van der Waals surface area (Å²) in [6.45, 7) is 0. The van der Waals surface area contributed by atoms with Crippen LogP contribution in [0.5, 0.6) is 0 Å². The molecule has 0 atom stereocenters. The summed E-state index contributed by atoms with van der Waals surface area (Å²) < 4.78 is 7.22. The lowest BCUT2D eigenvalue weighted by molar-refractivity contribution is 1.07. The van der Waals surface area contributed by atoms with E-state index in [-0.39, 0.29) is 0 Å². The van der Waals surface area contributed by atoms with E-state index in [1.54, 1.807) is 11.3 Å². The second-order valence-corrected chi connectivity index (χ2v) is 15.4. The number of aromatic nitrogens is 5. The van der Waals surface area contributed by atoms with Gasteiger partial charge in [0.2, 0.25) is 0 Å². The van der Waals surface area contributed by atoms with Crippen LogP contribution in [-0.4, -0.2) is 24.1 Å². The summed E-state index contributed by atoms with van der Waals surface area (Å²) in [6, 6.07) is 66.6. The van der Waals surface area contributed by atoms with Gasteiger partial charge in [-0.1, -0.05) is 152 Å². The Hall–Kier alpha value is -7.41. The molecular weight excluding hydrogens is 715 g/mol. The molecule has 0 saturated carbocycles. The highest BCUT2D eigenvalue weighted by Gasteiger charge is 2.27. The van der Waals surface area contributed by atoms with E-state index in [0.29, 0.717) is 17.5 Å². The maximum Gasteiger partial charge on any atom is 0.167 e. The molecule has 57 heavy (non-hydrogen) atoms. The lowest BCUT2D eigenvalue weighted by Crippen LogP contribution is -2.06. The third kappa shape index (κ3) is 4.84. The molecule has 0 saturated heterocycles.